The molecule has 10 heteroatoms. The summed E-state index contributed by atoms with van der Waals surface area (Å²) in [6.07, 6.45) is -4.56. The van der Waals surface area contributed by atoms with Gasteiger partial charge in [0.05, 0.1) is 17.0 Å². The van der Waals surface area contributed by atoms with E-state index in [1.807, 2.05) is 18.2 Å². The van der Waals surface area contributed by atoms with Crippen LogP contribution in [0.1, 0.15) is 30.9 Å². The molecule has 0 aliphatic heterocycles. The van der Waals surface area contributed by atoms with Crippen molar-refractivity contribution < 1.29 is 18.0 Å². The van der Waals surface area contributed by atoms with Gasteiger partial charge in [0, 0.05) is 10.9 Å². The molecule has 2 N–H and O–H groups in total. The first-order valence-electron chi connectivity index (χ1n) is 9.47. The van der Waals surface area contributed by atoms with Crippen molar-refractivity contribution in [1.29, 1.82) is 0 Å². The van der Waals surface area contributed by atoms with E-state index in [-0.39, 0.29) is 16.6 Å². The van der Waals surface area contributed by atoms with E-state index in [2.05, 4.69) is 39.3 Å². The SMILES string of the molecule is CC(C)c1ccc2[nH]c3nc(SCC(=O)Nc4ccccc4C(F)(F)F)nnc3c2c1. The first-order valence-corrected chi connectivity index (χ1v) is 10.5. The van der Waals surface area contributed by atoms with Crippen LogP contribution in [0.4, 0.5) is 18.9 Å². The number of H-pyrrole nitrogens is 1. The molecule has 0 saturated carbocycles. The molecular formula is C21H18F3N5OS. The summed E-state index contributed by atoms with van der Waals surface area (Å²) < 4.78 is 39.2. The number of carbonyl (C=O) groups is 1. The highest BCUT2D eigenvalue weighted by atomic mass is 32.2. The molecule has 0 atom stereocenters. The normalized spacial score (nSPS) is 12.1. The highest BCUT2D eigenvalue weighted by molar-refractivity contribution is 7.99. The number of fused-ring (bicyclic) bond motifs is 3. The summed E-state index contributed by atoms with van der Waals surface area (Å²) >= 11 is 0.996. The Morgan fingerprint density at radius 2 is 1.94 bits per heavy atom. The maximum atomic E-state index is 13.1. The highest BCUT2D eigenvalue weighted by Gasteiger charge is 2.33. The smallest absolute Gasteiger partial charge is 0.338 e. The van der Waals surface area contributed by atoms with E-state index in [1.165, 1.54) is 23.8 Å². The van der Waals surface area contributed by atoms with Crippen molar-refractivity contribution in [2.45, 2.75) is 31.1 Å². The van der Waals surface area contributed by atoms with Gasteiger partial charge in [0.1, 0.15) is 5.52 Å². The van der Waals surface area contributed by atoms with Gasteiger partial charge in [0.25, 0.3) is 0 Å². The van der Waals surface area contributed by atoms with E-state index in [1.54, 1.807) is 0 Å². The van der Waals surface area contributed by atoms with E-state index < -0.39 is 17.6 Å². The minimum absolute atomic E-state index is 0.156. The van der Waals surface area contributed by atoms with E-state index in [0.717, 1.165) is 28.7 Å². The number of carbonyl (C=O) groups excluding carboxylic acids is 1. The van der Waals surface area contributed by atoms with Crippen LogP contribution in [-0.2, 0) is 11.0 Å². The largest absolute Gasteiger partial charge is 0.418 e. The molecule has 4 aromatic rings. The lowest BCUT2D eigenvalue weighted by atomic mass is 10.0. The van der Waals surface area contributed by atoms with Gasteiger partial charge in [-0.3, -0.25) is 4.79 Å². The number of nitrogens with one attached hydrogen (secondary N) is 2. The summed E-state index contributed by atoms with van der Waals surface area (Å²) in [6.45, 7) is 4.21. The van der Waals surface area contributed by atoms with Gasteiger partial charge in [-0.15, -0.1) is 10.2 Å². The van der Waals surface area contributed by atoms with E-state index in [0.29, 0.717) is 17.1 Å². The highest BCUT2D eigenvalue weighted by Crippen LogP contribution is 2.34. The Hall–Kier alpha value is -3.14. The number of anilines is 1. The fourth-order valence-corrected chi connectivity index (χ4v) is 3.74. The van der Waals surface area contributed by atoms with Gasteiger partial charge >= 0.3 is 6.18 Å². The Bertz CT molecular complexity index is 1270. The zero-order chi connectivity index (χ0) is 22.2. The first-order chi connectivity index (χ1) is 14.7. The van der Waals surface area contributed by atoms with Gasteiger partial charge in [0.15, 0.2) is 5.65 Å². The van der Waals surface area contributed by atoms with Gasteiger partial charge in [-0.2, -0.15) is 13.2 Å². The maximum absolute atomic E-state index is 13.1. The number of hydrogen-bond acceptors (Lipinski definition) is 5. The number of benzene rings is 2. The number of para-hydroxylation sites is 1. The minimum Gasteiger partial charge on any atom is -0.338 e. The molecule has 0 radical (unpaired) electrons. The molecule has 160 valence electrons. The van der Waals surface area contributed by atoms with Crippen LogP contribution in [0.25, 0.3) is 22.1 Å². The average Bonchev–Trinajstić information content (AvgIpc) is 3.08. The van der Waals surface area contributed by atoms with Crippen LogP contribution < -0.4 is 5.32 Å². The summed E-state index contributed by atoms with van der Waals surface area (Å²) in [5.41, 5.74) is 2.04. The molecule has 0 fully saturated rings. The van der Waals surface area contributed by atoms with Crippen LogP contribution in [-0.4, -0.2) is 31.8 Å². The predicted molar refractivity (Wildman–Crippen MR) is 114 cm³/mol. The number of halogens is 3. The number of rotatable bonds is 5. The number of amides is 1. The summed E-state index contributed by atoms with van der Waals surface area (Å²) in [6, 6.07) is 10.9. The third-order valence-corrected chi connectivity index (χ3v) is 5.56. The summed E-state index contributed by atoms with van der Waals surface area (Å²) in [7, 11) is 0. The van der Waals surface area contributed by atoms with E-state index >= 15 is 0 Å². The number of alkyl halides is 3. The zero-order valence-corrected chi connectivity index (χ0v) is 17.4. The second kappa shape index (κ2) is 8.18. The number of aromatic amines is 1. The Balaban J connectivity index is 1.49. The van der Waals surface area contributed by atoms with Crippen molar-refractivity contribution >= 4 is 45.4 Å². The number of hydrogen-bond donors (Lipinski definition) is 2. The van der Waals surface area contributed by atoms with Gasteiger partial charge < -0.3 is 10.3 Å². The number of thioether (sulfide) groups is 1. The summed E-state index contributed by atoms with van der Waals surface area (Å²) in [5.74, 6) is -0.383. The Morgan fingerprint density at radius 3 is 2.68 bits per heavy atom. The molecule has 1 amide bonds. The molecule has 0 bridgehead atoms. The van der Waals surface area contributed by atoms with Crippen molar-refractivity contribution in [2.75, 3.05) is 11.1 Å². The number of aromatic nitrogens is 4. The van der Waals surface area contributed by atoms with Crippen LogP contribution >= 0.6 is 11.8 Å². The zero-order valence-electron chi connectivity index (χ0n) is 16.6. The second-order valence-corrected chi connectivity index (χ2v) is 8.20. The van der Waals surface area contributed by atoms with Crippen molar-refractivity contribution in [3.05, 3.63) is 53.6 Å². The van der Waals surface area contributed by atoms with E-state index in [9.17, 15) is 18.0 Å². The van der Waals surface area contributed by atoms with Crippen LogP contribution in [0, 0.1) is 0 Å². The fraction of sp³-hybridized carbons (Fsp3) is 0.238. The molecule has 2 aromatic heterocycles. The number of nitrogens with zero attached hydrogens (tertiary/aromatic N) is 3. The third kappa shape index (κ3) is 4.48. The molecule has 0 aliphatic rings. The fourth-order valence-electron chi connectivity index (χ4n) is 3.15. The van der Waals surface area contributed by atoms with Crippen molar-refractivity contribution in [1.82, 2.24) is 20.2 Å². The lowest BCUT2D eigenvalue weighted by Gasteiger charge is -2.13. The molecule has 2 heterocycles. The van der Waals surface area contributed by atoms with Crippen LogP contribution in [0.5, 0.6) is 0 Å². The van der Waals surface area contributed by atoms with Gasteiger partial charge in [-0.25, -0.2) is 4.98 Å². The maximum Gasteiger partial charge on any atom is 0.418 e. The topological polar surface area (TPSA) is 83.6 Å². The first kappa shape index (κ1) is 21.1. The average molecular weight is 445 g/mol. The van der Waals surface area contributed by atoms with Crippen molar-refractivity contribution in [3.8, 4) is 0 Å². The molecule has 0 spiro atoms. The van der Waals surface area contributed by atoms with Crippen molar-refractivity contribution in [3.63, 3.8) is 0 Å². The van der Waals surface area contributed by atoms with Crippen LogP contribution in [0.2, 0.25) is 0 Å². The lowest BCUT2D eigenvalue weighted by Crippen LogP contribution is -2.18. The Morgan fingerprint density at radius 1 is 1.16 bits per heavy atom. The monoisotopic (exact) mass is 445 g/mol. The molecule has 0 aliphatic carbocycles. The van der Waals surface area contributed by atoms with Crippen LogP contribution in [0.3, 0.4) is 0 Å². The van der Waals surface area contributed by atoms with E-state index in [4.69, 9.17) is 0 Å². The molecule has 31 heavy (non-hydrogen) atoms. The molecule has 4 rings (SSSR count). The molecular weight excluding hydrogens is 427 g/mol. The quantitative estimate of drug-likeness (QED) is 0.403. The molecule has 2 aromatic carbocycles. The predicted octanol–water partition coefficient (Wildman–Crippen LogP) is 5.38. The van der Waals surface area contributed by atoms with Gasteiger partial charge in [-0.05, 0) is 35.7 Å². The van der Waals surface area contributed by atoms with Gasteiger partial charge in [0.2, 0.25) is 11.1 Å². The third-order valence-electron chi connectivity index (χ3n) is 4.72. The molecule has 6 nitrogen and oxygen atoms in total. The summed E-state index contributed by atoms with van der Waals surface area (Å²) in [5, 5.41) is 11.8. The lowest BCUT2D eigenvalue weighted by molar-refractivity contribution is -0.137. The Labute approximate surface area is 179 Å². The summed E-state index contributed by atoms with van der Waals surface area (Å²) in [4.78, 5) is 19.8. The second-order valence-electron chi connectivity index (χ2n) is 7.26. The minimum atomic E-state index is -4.56. The van der Waals surface area contributed by atoms with Crippen LogP contribution in [0.15, 0.2) is 47.6 Å². The Kier molecular flexibility index (Phi) is 5.57. The molecule has 0 unspecified atom stereocenters. The molecule has 0 saturated heterocycles. The standard InChI is InChI=1S/C21H18F3N5OS/c1-11(2)12-7-8-15-13(9-12)18-19(26-15)27-20(29-28-18)31-10-17(30)25-16-6-4-3-5-14(16)21(22,23)24/h3-9,11H,10H2,1-2H3,(H,25,30)(H,26,27,29). The van der Waals surface area contributed by atoms with Crippen molar-refractivity contribution in [2.24, 2.45) is 0 Å². The van der Waals surface area contributed by atoms with Gasteiger partial charge in [-0.1, -0.05) is 43.8 Å².